The van der Waals surface area contributed by atoms with Crippen LogP contribution in [0.3, 0.4) is 0 Å². The Labute approximate surface area is 172 Å². The number of aromatic nitrogens is 1. The number of rotatable bonds is 7. The van der Waals surface area contributed by atoms with E-state index in [-0.39, 0.29) is 17.4 Å². The lowest BCUT2D eigenvalue weighted by atomic mass is 10.0. The molecule has 0 amide bonds. The molecule has 0 radical (unpaired) electrons. The molecule has 154 valence electrons. The number of sulfonamides is 1. The fourth-order valence-electron chi connectivity index (χ4n) is 3.06. The molecule has 3 rings (SSSR count). The maximum absolute atomic E-state index is 13.1. The van der Waals surface area contributed by atoms with Gasteiger partial charge in [-0.15, -0.1) is 0 Å². The van der Waals surface area contributed by atoms with Gasteiger partial charge >= 0.3 is 0 Å². The van der Waals surface area contributed by atoms with E-state index in [1.54, 1.807) is 12.1 Å². The zero-order valence-corrected chi connectivity index (χ0v) is 18.2. The molecule has 1 heterocycles. The molecule has 0 bridgehead atoms. The summed E-state index contributed by atoms with van der Waals surface area (Å²) in [5.74, 6) is 0.611. The normalized spacial score (nSPS) is 11.8. The lowest BCUT2D eigenvalue weighted by molar-refractivity contribution is 0.427. The van der Waals surface area contributed by atoms with Gasteiger partial charge in [0.2, 0.25) is 10.0 Å². The Morgan fingerprint density at radius 3 is 2.31 bits per heavy atom. The van der Waals surface area contributed by atoms with Gasteiger partial charge in [0, 0.05) is 38.0 Å². The van der Waals surface area contributed by atoms with Gasteiger partial charge in [-0.25, -0.2) is 13.1 Å². The second-order valence-electron chi connectivity index (χ2n) is 7.63. The maximum atomic E-state index is 13.1. The highest BCUT2D eigenvalue weighted by Gasteiger charge is 2.22. The first-order valence-corrected chi connectivity index (χ1v) is 11.0. The number of hydrogen-bond donors (Lipinski definition) is 1. The van der Waals surface area contributed by atoms with Crippen molar-refractivity contribution in [3.8, 4) is 11.3 Å². The first-order valence-electron chi connectivity index (χ1n) is 9.51. The molecule has 0 aliphatic heterocycles. The highest BCUT2D eigenvalue weighted by atomic mass is 32.2. The summed E-state index contributed by atoms with van der Waals surface area (Å²) in [6.45, 7) is 6.01. The summed E-state index contributed by atoms with van der Waals surface area (Å²) in [4.78, 5) is 2.27. The third-order valence-electron chi connectivity index (χ3n) is 4.76. The van der Waals surface area contributed by atoms with Crippen LogP contribution in [0.15, 0.2) is 57.9 Å². The van der Waals surface area contributed by atoms with Crippen LogP contribution < -0.4 is 9.62 Å². The SMILES string of the molecule is Cc1cc(-c2ccc(C(C)C)c(S(=O)(=O)NCc3ccc(N(C)C)cc3)c2)on1. The van der Waals surface area contributed by atoms with Crippen molar-refractivity contribution in [2.24, 2.45) is 0 Å². The van der Waals surface area contributed by atoms with Gasteiger partial charge in [0.15, 0.2) is 5.76 Å². The minimum atomic E-state index is -3.71. The molecule has 0 atom stereocenters. The van der Waals surface area contributed by atoms with Crippen molar-refractivity contribution >= 4 is 15.7 Å². The topological polar surface area (TPSA) is 75.4 Å². The van der Waals surface area contributed by atoms with E-state index in [2.05, 4.69) is 9.88 Å². The van der Waals surface area contributed by atoms with E-state index in [1.807, 2.05) is 76.2 Å². The number of hydrogen-bond acceptors (Lipinski definition) is 5. The predicted octanol–water partition coefficient (Wildman–Crippen LogP) is 4.32. The number of nitrogens with one attached hydrogen (secondary N) is 1. The molecule has 0 saturated carbocycles. The molecule has 3 aromatic rings. The molecule has 0 saturated heterocycles. The average Bonchev–Trinajstić information content (AvgIpc) is 3.12. The molecule has 0 aliphatic rings. The molecule has 1 N–H and O–H groups in total. The highest BCUT2D eigenvalue weighted by Crippen LogP contribution is 2.30. The second-order valence-corrected chi connectivity index (χ2v) is 9.36. The summed E-state index contributed by atoms with van der Waals surface area (Å²) in [5, 5.41) is 3.89. The van der Waals surface area contributed by atoms with Crippen LogP contribution in [0, 0.1) is 6.92 Å². The van der Waals surface area contributed by atoms with Gasteiger partial charge in [-0.1, -0.05) is 43.3 Å². The highest BCUT2D eigenvalue weighted by molar-refractivity contribution is 7.89. The van der Waals surface area contributed by atoms with E-state index in [4.69, 9.17) is 4.52 Å². The third kappa shape index (κ3) is 4.86. The molecule has 0 unspecified atom stereocenters. The van der Waals surface area contributed by atoms with Gasteiger partial charge < -0.3 is 9.42 Å². The van der Waals surface area contributed by atoms with Crippen molar-refractivity contribution in [1.82, 2.24) is 9.88 Å². The van der Waals surface area contributed by atoms with Crippen LogP contribution in [-0.2, 0) is 16.6 Å². The Kier molecular flexibility index (Phi) is 6.10. The zero-order chi connectivity index (χ0) is 21.2. The molecule has 2 aromatic carbocycles. The Balaban J connectivity index is 1.89. The van der Waals surface area contributed by atoms with Gasteiger partial charge in [0.05, 0.1) is 10.6 Å². The number of aryl methyl sites for hydroxylation is 1. The zero-order valence-electron chi connectivity index (χ0n) is 17.4. The van der Waals surface area contributed by atoms with Gasteiger partial charge in [0.1, 0.15) is 0 Å². The van der Waals surface area contributed by atoms with Crippen molar-refractivity contribution in [3.05, 3.63) is 65.4 Å². The van der Waals surface area contributed by atoms with Crippen molar-refractivity contribution in [2.45, 2.75) is 38.1 Å². The number of benzene rings is 2. The quantitative estimate of drug-likeness (QED) is 0.624. The molecule has 29 heavy (non-hydrogen) atoms. The predicted molar refractivity (Wildman–Crippen MR) is 116 cm³/mol. The summed E-state index contributed by atoms with van der Waals surface area (Å²) < 4.78 is 34.3. The van der Waals surface area contributed by atoms with E-state index in [0.717, 1.165) is 22.5 Å². The van der Waals surface area contributed by atoms with Crippen LogP contribution in [0.1, 0.15) is 36.6 Å². The van der Waals surface area contributed by atoms with Crippen LogP contribution in [0.25, 0.3) is 11.3 Å². The molecule has 0 spiro atoms. The van der Waals surface area contributed by atoms with Crippen LogP contribution in [0.5, 0.6) is 0 Å². The van der Waals surface area contributed by atoms with E-state index in [0.29, 0.717) is 11.3 Å². The van der Waals surface area contributed by atoms with E-state index >= 15 is 0 Å². The molecule has 0 fully saturated rings. The molecule has 6 nitrogen and oxygen atoms in total. The summed E-state index contributed by atoms with van der Waals surface area (Å²) in [6, 6.07) is 15.0. The smallest absolute Gasteiger partial charge is 0.241 e. The standard InChI is InChI=1S/C22H27N3O3S/c1-15(2)20-11-8-18(21-12-16(3)24-28-21)13-22(20)29(26,27)23-14-17-6-9-19(10-7-17)25(4)5/h6-13,15,23H,14H2,1-5H3. The van der Waals surface area contributed by atoms with Crippen LogP contribution >= 0.6 is 0 Å². The van der Waals surface area contributed by atoms with Crippen molar-refractivity contribution < 1.29 is 12.9 Å². The Morgan fingerprint density at radius 1 is 1.07 bits per heavy atom. The Hall–Kier alpha value is -2.64. The van der Waals surface area contributed by atoms with Gasteiger partial charge in [-0.2, -0.15) is 0 Å². The summed E-state index contributed by atoms with van der Waals surface area (Å²) >= 11 is 0. The molecule has 7 heteroatoms. The maximum Gasteiger partial charge on any atom is 0.241 e. The molecule has 0 aliphatic carbocycles. The lowest BCUT2D eigenvalue weighted by Gasteiger charge is -2.16. The summed E-state index contributed by atoms with van der Waals surface area (Å²) in [6.07, 6.45) is 0. The monoisotopic (exact) mass is 413 g/mol. The minimum Gasteiger partial charge on any atom is -0.378 e. The fraction of sp³-hybridized carbons (Fsp3) is 0.318. The largest absolute Gasteiger partial charge is 0.378 e. The number of anilines is 1. The summed E-state index contributed by atoms with van der Waals surface area (Å²) in [7, 11) is 0.226. The van der Waals surface area contributed by atoms with Gasteiger partial charge in [-0.05, 0) is 42.2 Å². The molecule has 1 aromatic heterocycles. The van der Waals surface area contributed by atoms with Gasteiger partial charge in [0.25, 0.3) is 0 Å². The van der Waals surface area contributed by atoms with Crippen LogP contribution in [0.2, 0.25) is 0 Å². The van der Waals surface area contributed by atoms with E-state index < -0.39 is 10.0 Å². The molecular formula is C22H27N3O3S. The first-order chi connectivity index (χ1) is 13.7. The Morgan fingerprint density at radius 2 is 1.76 bits per heavy atom. The Bertz CT molecular complexity index is 1080. The lowest BCUT2D eigenvalue weighted by Crippen LogP contribution is -2.24. The number of nitrogens with zero attached hydrogens (tertiary/aromatic N) is 2. The van der Waals surface area contributed by atoms with Gasteiger partial charge in [-0.3, -0.25) is 0 Å². The van der Waals surface area contributed by atoms with E-state index in [9.17, 15) is 8.42 Å². The van der Waals surface area contributed by atoms with Crippen LogP contribution in [-0.4, -0.2) is 27.7 Å². The van der Waals surface area contributed by atoms with Crippen molar-refractivity contribution in [3.63, 3.8) is 0 Å². The average molecular weight is 414 g/mol. The molecular weight excluding hydrogens is 386 g/mol. The van der Waals surface area contributed by atoms with E-state index in [1.165, 1.54) is 0 Å². The third-order valence-corrected chi connectivity index (χ3v) is 6.21. The van der Waals surface area contributed by atoms with Crippen molar-refractivity contribution in [1.29, 1.82) is 0 Å². The summed E-state index contributed by atoms with van der Waals surface area (Å²) in [5.41, 5.74) is 4.16. The minimum absolute atomic E-state index is 0.0615. The second kappa shape index (κ2) is 8.39. The van der Waals surface area contributed by atoms with Crippen molar-refractivity contribution in [2.75, 3.05) is 19.0 Å². The first kappa shape index (κ1) is 21.1. The van der Waals surface area contributed by atoms with Crippen LogP contribution in [0.4, 0.5) is 5.69 Å². The fourth-order valence-corrected chi connectivity index (χ4v) is 4.47.